The normalized spacial score (nSPS) is 15.8. The first kappa shape index (κ1) is 17.0. The highest BCUT2D eigenvalue weighted by Crippen LogP contribution is 2.31. The van der Waals surface area contributed by atoms with E-state index in [4.69, 9.17) is 4.74 Å². The molecule has 0 amide bonds. The summed E-state index contributed by atoms with van der Waals surface area (Å²) in [5, 5.41) is 3.44. The van der Waals surface area contributed by atoms with Crippen molar-refractivity contribution in [2.24, 2.45) is 0 Å². The van der Waals surface area contributed by atoms with Crippen LogP contribution in [0.15, 0.2) is 12.1 Å². The Balaban J connectivity index is 2.21. The van der Waals surface area contributed by atoms with Gasteiger partial charge in [0.05, 0.1) is 6.61 Å². The molecule has 1 aliphatic rings. The molecule has 1 N–H and O–H groups in total. The Kier molecular flexibility index (Phi) is 6.44. The number of esters is 1. The van der Waals surface area contributed by atoms with Crippen molar-refractivity contribution in [1.82, 2.24) is 5.32 Å². The van der Waals surface area contributed by atoms with E-state index in [9.17, 15) is 4.79 Å². The van der Waals surface area contributed by atoms with Crippen LogP contribution >= 0.6 is 0 Å². The van der Waals surface area contributed by atoms with Gasteiger partial charge in [-0.1, -0.05) is 19.1 Å². The molecule has 22 heavy (non-hydrogen) atoms. The predicted octanol–water partition coefficient (Wildman–Crippen LogP) is 3.52. The summed E-state index contributed by atoms with van der Waals surface area (Å²) < 4.78 is 5.08. The Bertz CT molecular complexity index is 504. The second kappa shape index (κ2) is 8.33. The first-order valence-corrected chi connectivity index (χ1v) is 8.64. The molecule has 2 rings (SSSR count). The van der Waals surface area contributed by atoms with Gasteiger partial charge < -0.3 is 10.1 Å². The van der Waals surface area contributed by atoms with Gasteiger partial charge in [0.25, 0.3) is 0 Å². The van der Waals surface area contributed by atoms with E-state index in [1.54, 1.807) is 0 Å². The predicted molar refractivity (Wildman–Crippen MR) is 90.4 cm³/mol. The number of benzene rings is 1. The van der Waals surface area contributed by atoms with Gasteiger partial charge >= 0.3 is 5.97 Å². The fourth-order valence-corrected chi connectivity index (χ4v) is 3.41. The monoisotopic (exact) mass is 303 g/mol. The molecule has 0 aromatic heterocycles. The summed E-state index contributed by atoms with van der Waals surface area (Å²) in [4.78, 5) is 11.7. The molecule has 3 heteroatoms. The Labute approximate surface area is 134 Å². The van der Waals surface area contributed by atoms with E-state index in [-0.39, 0.29) is 5.97 Å². The van der Waals surface area contributed by atoms with Crippen LogP contribution in [0, 0.1) is 6.92 Å². The summed E-state index contributed by atoms with van der Waals surface area (Å²) in [6.07, 6.45) is 4.73. The number of hydrogen-bond donors (Lipinski definition) is 1. The average Bonchev–Trinajstić information content (AvgIpc) is 2.54. The zero-order chi connectivity index (χ0) is 15.9. The van der Waals surface area contributed by atoms with Crippen LogP contribution in [0.1, 0.15) is 61.3 Å². The molecule has 0 atom stereocenters. The van der Waals surface area contributed by atoms with Crippen LogP contribution in [0.2, 0.25) is 0 Å². The third kappa shape index (κ3) is 4.33. The van der Waals surface area contributed by atoms with Gasteiger partial charge in [-0.3, -0.25) is 4.79 Å². The van der Waals surface area contributed by atoms with Gasteiger partial charge in [-0.2, -0.15) is 0 Å². The number of carbonyl (C=O) groups excluding carboxylic acids is 1. The summed E-state index contributed by atoms with van der Waals surface area (Å²) in [6, 6.07) is 4.70. The fraction of sp³-hybridized carbons (Fsp3) is 0.632. The molecule has 0 aliphatic carbocycles. The van der Waals surface area contributed by atoms with Crippen molar-refractivity contribution >= 4 is 5.97 Å². The van der Waals surface area contributed by atoms with E-state index in [1.165, 1.54) is 35.1 Å². The van der Waals surface area contributed by atoms with E-state index < -0.39 is 0 Å². The largest absolute Gasteiger partial charge is 0.466 e. The minimum absolute atomic E-state index is 0.0871. The van der Waals surface area contributed by atoms with Gasteiger partial charge in [-0.05, 0) is 80.8 Å². The van der Waals surface area contributed by atoms with E-state index in [1.807, 2.05) is 6.92 Å². The average molecular weight is 303 g/mol. The van der Waals surface area contributed by atoms with Gasteiger partial charge in [0.1, 0.15) is 0 Å². The zero-order valence-electron chi connectivity index (χ0n) is 14.2. The molecule has 1 aromatic carbocycles. The number of carbonyl (C=O) groups is 1. The molecule has 122 valence electrons. The highest BCUT2D eigenvalue weighted by Gasteiger charge is 2.20. The van der Waals surface area contributed by atoms with Crippen LogP contribution in [-0.2, 0) is 22.4 Å². The minimum Gasteiger partial charge on any atom is -0.466 e. The fourth-order valence-electron chi connectivity index (χ4n) is 3.41. The molecule has 0 spiro atoms. The molecular formula is C19H29NO2. The highest BCUT2D eigenvalue weighted by atomic mass is 16.5. The van der Waals surface area contributed by atoms with Crippen molar-refractivity contribution in [3.8, 4) is 0 Å². The smallest absolute Gasteiger partial charge is 0.306 e. The van der Waals surface area contributed by atoms with Gasteiger partial charge in [0, 0.05) is 6.42 Å². The lowest BCUT2D eigenvalue weighted by Crippen LogP contribution is -2.27. The SMILES string of the molecule is CCOC(=O)CCc1cc(C)c(CC)cc1C1CCNCC1. The summed E-state index contributed by atoms with van der Waals surface area (Å²) in [7, 11) is 0. The maximum atomic E-state index is 11.7. The Hall–Kier alpha value is -1.35. The van der Waals surface area contributed by atoms with E-state index in [2.05, 4.69) is 31.3 Å². The van der Waals surface area contributed by atoms with E-state index in [0.29, 0.717) is 18.9 Å². The second-order valence-corrected chi connectivity index (χ2v) is 6.16. The van der Waals surface area contributed by atoms with Crippen molar-refractivity contribution in [2.75, 3.05) is 19.7 Å². The van der Waals surface area contributed by atoms with Crippen LogP contribution < -0.4 is 5.32 Å². The van der Waals surface area contributed by atoms with Crippen molar-refractivity contribution < 1.29 is 9.53 Å². The molecule has 0 bridgehead atoms. The lowest BCUT2D eigenvalue weighted by atomic mass is 9.83. The van der Waals surface area contributed by atoms with Crippen LogP contribution in [0.25, 0.3) is 0 Å². The maximum absolute atomic E-state index is 11.7. The van der Waals surface area contributed by atoms with Crippen LogP contribution in [-0.4, -0.2) is 25.7 Å². The zero-order valence-corrected chi connectivity index (χ0v) is 14.2. The molecule has 1 heterocycles. The molecule has 1 fully saturated rings. The Morgan fingerprint density at radius 2 is 1.95 bits per heavy atom. The van der Waals surface area contributed by atoms with Crippen LogP contribution in [0.3, 0.4) is 0 Å². The molecule has 1 saturated heterocycles. The second-order valence-electron chi connectivity index (χ2n) is 6.16. The summed E-state index contributed by atoms with van der Waals surface area (Å²) >= 11 is 0. The number of rotatable bonds is 6. The van der Waals surface area contributed by atoms with Gasteiger partial charge in [0.2, 0.25) is 0 Å². The first-order valence-electron chi connectivity index (χ1n) is 8.64. The molecule has 0 radical (unpaired) electrons. The number of ether oxygens (including phenoxy) is 1. The van der Waals surface area contributed by atoms with Crippen LogP contribution in [0.4, 0.5) is 0 Å². The standard InChI is InChI=1S/C19H29NO2/c1-4-15-13-18(16-8-10-20-11-9-16)17(12-14(15)3)6-7-19(21)22-5-2/h12-13,16,20H,4-11H2,1-3H3. The molecule has 1 aliphatic heterocycles. The number of aryl methyl sites for hydroxylation is 3. The van der Waals surface area contributed by atoms with Crippen LogP contribution in [0.5, 0.6) is 0 Å². The van der Waals surface area contributed by atoms with Crippen molar-refractivity contribution in [3.63, 3.8) is 0 Å². The lowest BCUT2D eigenvalue weighted by molar-refractivity contribution is -0.143. The summed E-state index contributed by atoms with van der Waals surface area (Å²) in [5.41, 5.74) is 5.59. The molecular weight excluding hydrogens is 274 g/mol. The molecule has 0 unspecified atom stereocenters. The lowest BCUT2D eigenvalue weighted by Gasteiger charge is -2.26. The third-order valence-electron chi connectivity index (χ3n) is 4.66. The van der Waals surface area contributed by atoms with Crippen molar-refractivity contribution in [3.05, 3.63) is 34.4 Å². The topological polar surface area (TPSA) is 38.3 Å². The number of piperidine rings is 1. The van der Waals surface area contributed by atoms with Crippen molar-refractivity contribution in [1.29, 1.82) is 0 Å². The number of hydrogen-bond acceptors (Lipinski definition) is 3. The highest BCUT2D eigenvalue weighted by molar-refractivity contribution is 5.69. The first-order chi connectivity index (χ1) is 10.7. The third-order valence-corrected chi connectivity index (χ3v) is 4.66. The van der Waals surface area contributed by atoms with Crippen molar-refractivity contribution in [2.45, 2.75) is 58.8 Å². The molecule has 3 nitrogen and oxygen atoms in total. The van der Waals surface area contributed by atoms with Gasteiger partial charge in [-0.25, -0.2) is 0 Å². The number of nitrogens with one attached hydrogen (secondary N) is 1. The quantitative estimate of drug-likeness (QED) is 0.817. The van der Waals surface area contributed by atoms with Gasteiger partial charge in [0.15, 0.2) is 0 Å². The Morgan fingerprint density at radius 1 is 1.23 bits per heavy atom. The van der Waals surface area contributed by atoms with Gasteiger partial charge in [-0.15, -0.1) is 0 Å². The molecule has 1 aromatic rings. The van der Waals surface area contributed by atoms with E-state index >= 15 is 0 Å². The Morgan fingerprint density at radius 3 is 2.59 bits per heavy atom. The maximum Gasteiger partial charge on any atom is 0.306 e. The summed E-state index contributed by atoms with van der Waals surface area (Å²) in [5.74, 6) is 0.542. The summed E-state index contributed by atoms with van der Waals surface area (Å²) in [6.45, 7) is 8.91. The minimum atomic E-state index is -0.0871. The van der Waals surface area contributed by atoms with E-state index in [0.717, 1.165) is 25.9 Å². The molecule has 0 saturated carbocycles.